The second-order valence-corrected chi connectivity index (χ2v) is 6.99. The van der Waals surface area contributed by atoms with Gasteiger partial charge in [0.25, 0.3) is 0 Å². The van der Waals surface area contributed by atoms with Gasteiger partial charge in [-0.05, 0) is 50.0 Å². The summed E-state index contributed by atoms with van der Waals surface area (Å²) in [5, 5.41) is 4.23. The number of hydrogen-bond donors (Lipinski definition) is 1. The first-order chi connectivity index (χ1) is 9.37. The summed E-state index contributed by atoms with van der Waals surface area (Å²) in [5.74, 6) is 0. The van der Waals surface area contributed by atoms with Gasteiger partial charge in [-0.3, -0.25) is 4.68 Å². The molecule has 20 heavy (non-hydrogen) atoms. The normalized spacial score (nSPS) is 22.6. The summed E-state index contributed by atoms with van der Waals surface area (Å²) < 4.78 is 7.99. The van der Waals surface area contributed by atoms with Crippen molar-refractivity contribution in [2.45, 2.75) is 64.5 Å². The van der Waals surface area contributed by atoms with Gasteiger partial charge in [0.2, 0.25) is 0 Å². The molecule has 2 N–H and O–H groups in total. The fraction of sp³-hybridized carbons (Fsp3) is 0.812. The van der Waals surface area contributed by atoms with Crippen LogP contribution in [0, 0.1) is 5.41 Å². The molecule has 1 aromatic rings. The summed E-state index contributed by atoms with van der Waals surface area (Å²) in [7, 11) is 1.94. The summed E-state index contributed by atoms with van der Waals surface area (Å²) in [6.07, 6.45) is 9.30. The largest absolute Gasteiger partial charge is 0.374 e. The van der Waals surface area contributed by atoms with E-state index in [1.807, 2.05) is 24.1 Å². The van der Waals surface area contributed by atoms with Crippen LogP contribution in [0.2, 0.25) is 0 Å². The Morgan fingerprint density at radius 3 is 2.50 bits per heavy atom. The van der Waals surface area contributed by atoms with E-state index < -0.39 is 0 Å². The highest BCUT2D eigenvalue weighted by atomic mass is 16.5. The van der Waals surface area contributed by atoms with Crippen molar-refractivity contribution < 1.29 is 4.74 Å². The van der Waals surface area contributed by atoms with Crippen LogP contribution in [0.15, 0.2) is 12.4 Å². The topological polar surface area (TPSA) is 53.1 Å². The molecule has 4 heteroatoms. The van der Waals surface area contributed by atoms with Gasteiger partial charge < -0.3 is 10.5 Å². The predicted molar refractivity (Wildman–Crippen MR) is 81.5 cm³/mol. The highest BCUT2D eigenvalue weighted by molar-refractivity contribution is 5.10. The summed E-state index contributed by atoms with van der Waals surface area (Å²) in [6.45, 7) is 7.49. The van der Waals surface area contributed by atoms with E-state index in [0.717, 1.165) is 25.9 Å². The molecule has 1 saturated carbocycles. The van der Waals surface area contributed by atoms with Crippen molar-refractivity contribution in [1.29, 1.82) is 0 Å². The zero-order valence-electron chi connectivity index (χ0n) is 13.4. The van der Waals surface area contributed by atoms with Gasteiger partial charge in [0.1, 0.15) is 0 Å². The van der Waals surface area contributed by atoms with E-state index >= 15 is 0 Å². The Kier molecular flexibility index (Phi) is 4.55. The smallest absolute Gasteiger partial charge is 0.0836 e. The minimum absolute atomic E-state index is 0.0442. The minimum Gasteiger partial charge on any atom is -0.374 e. The van der Waals surface area contributed by atoms with Crippen molar-refractivity contribution in [2.75, 3.05) is 6.61 Å². The van der Waals surface area contributed by atoms with E-state index in [9.17, 15) is 0 Å². The molecule has 1 aliphatic rings. The van der Waals surface area contributed by atoms with Crippen LogP contribution in [0.5, 0.6) is 0 Å². The van der Waals surface area contributed by atoms with Crippen molar-refractivity contribution in [2.24, 2.45) is 18.2 Å². The van der Waals surface area contributed by atoms with Gasteiger partial charge >= 0.3 is 0 Å². The first kappa shape index (κ1) is 15.5. The molecule has 0 aliphatic heterocycles. The first-order valence-electron chi connectivity index (χ1n) is 7.74. The summed E-state index contributed by atoms with van der Waals surface area (Å²) in [5.41, 5.74) is 8.01. The van der Waals surface area contributed by atoms with Crippen molar-refractivity contribution >= 4 is 0 Å². The molecular formula is C16H29N3O. The van der Waals surface area contributed by atoms with Gasteiger partial charge in [0, 0.05) is 25.9 Å². The Morgan fingerprint density at radius 2 is 2.00 bits per heavy atom. The van der Waals surface area contributed by atoms with Crippen LogP contribution < -0.4 is 5.73 Å². The van der Waals surface area contributed by atoms with Crippen LogP contribution in [-0.4, -0.2) is 28.0 Å². The molecule has 0 bridgehead atoms. The second kappa shape index (κ2) is 5.86. The lowest BCUT2D eigenvalue weighted by atomic mass is 9.68. The fourth-order valence-corrected chi connectivity index (χ4v) is 3.28. The Hall–Kier alpha value is -0.870. The fourth-order valence-electron chi connectivity index (χ4n) is 3.28. The minimum atomic E-state index is -0.153. The molecule has 1 heterocycles. The third kappa shape index (κ3) is 3.41. The molecule has 1 atom stereocenters. The third-order valence-corrected chi connectivity index (χ3v) is 4.77. The lowest BCUT2D eigenvalue weighted by Gasteiger charge is -2.46. The molecular weight excluding hydrogens is 250 g/mol. The number of ether oxygens (including phenoxy) is 1. The van der Waals surface area contributed by atoms with Gasteiger partial charge in [0.05, 0.1) is 11.8 Å². The van der Waals surface area contributed by atoms with Crippen LogP contribution in [0.4, 0.5) is 0 Å². The van der Waals surface area contributed by atoms with Gasteiger partial charge in [-0.1, -0.05) is 13.8 Å². The monoisotopic (exact) mass is 279 g/mol. The van der Waals surface area contributed by atoms with Gasteiger partial charge in [-0.15, -0.1) is 0 Å². The number of nitrogens with two attached hydrogens (primary N) is 1. The highest BCUT2D eigenvalue weighted by Crippen LogP contribution is 2.43. The van der Waals surface area contributed by atoms with Crippen LogP contribution in [-0.2, 0) is 18.2 Å². The quantitative estimate of drug-likeness (QED) is 0.901. The maximum absolute atomic E-state index is 6.54. The number of rotatable bonds is 5. The Balaban J connectivity index is 2.07. The average molecular weight is 279 g/mol. The van der Waals surface area contributed by atoms with Crippen LogP contribution in [0.3, 0.4) is 0 Å². The van der Waals surface area contributed by atoms with Gasteiger partial charge in [-0.2, -0.15) is 5.10 Å². The molecule has 1 fully saturated rings. The van der Waals surface area contributed by atoms with Crippen LogP contribution >= 0.6 is 0 Å². The molecule has 0 spiro atoms. The van der Waals surface area contributed by atoms with E-state index in [1.165, 1.54) is 18.4 Å². The first-order valence-corrected chi connectivity index (χ1v) is 7.74. The highest BCUT2D eigenvalue weighted by Gasteiger charge is 2.43. The summed E-state index contributed by atoms with van der Waals surface area (Å²) in [4.78, 5) is 0. The summed E-state index contributed by atoms with van der Waals surface area (Å²) in [6, 6.07) is 0.0442. The third-order valence-electron chi connectivity index (χ3n) is 4.77. The number of hydrogen-bond acceptors (Lipinski definition) is 3. The molecule has 0 amide bonds. The average Bonchev–Trinajstić information content (AvgIpc) is 2.78. The van der Waals surface area contributed by atoms with Crippen molar-refractivity contribution in [3.05, 3.63) is 18.0 Å². The van der Waals surface area contributed by atoms with Crippen LogP contribution in [0.1, 0.15) is 52.0 Å². The maximum Gasteiger partial charge on any atom is 0.0836 e. The number of nitrogens with zero attached hydrogens (tertiary/aromatic N) is 2. The molecule has 1 aromatic heterocycles. The molecule has 1 aliphatic carbocycles. The van der Waals surface area contributed by atoms with E-state index in [0.29, 0.717) is 5.41 Å². The predicted octanol–water partition coefficient (Wildman–Crippen LogP) is 2.67. The zero-order chi connectivity index (χ0) is 14.8. The standard InChI is InChI=1S/C16H29N3O/c1-5-20-16(8-6-15(2,3)7-9-16)14(17)10-13-11-18-19(4)12-13/h11-12,14H,5-10,17H2,1-4H3. The van der Waals surface area contributed by atoms with Crippen molar-refractivity contribution in [3.8, 4) is 0 Å². The van der Waals surface area contributed by atoms with E-state index in [1.54, 1.807) is 0 Å². The maximum atomic E-state index is 6.54. The van der Waals surface area contributed by atoms with Gasteiger partial charge in [-0.25, -0.2) is 0 Å². The molecule has 0 aromatic carbocycles. The molecule has 1 unspecified atom stereocenters. The Labute approximate surface area is 122 Å². The van der Waals surface area contributed by atoms with Gasteiger partial charge in [0.15, 0.2) is 0 Å². The second-order valence-electron chi connectivity index (χ2n) is 6.99. The number of aromatic nitrogens is 2. The zero-order valence-corrected chi connectivity index (χ0v) is 13.4. The van der Waals surface area contributed by atoms with Crippen molar-refractivity contribution in [1.82, 2.24) is 9.78 Å². The van der Waals surface area contributed by atoms with E-state index in [4.69, 9.17) is 10.5 Å². The Morgan fingerprint density at radius 1 is 1.35 bits per heavy atom. The number of aryl methyl sites for hydroxylation is 1. The molecule has 0 radical (unpaired) electrons. The molecule has 114 valence electrons. The van der Waals surface area contributed by atoms with Crippen molar-refractivity contribution in [3.63, 3.8) is 0 Å². The van der Waals surface area contributed by atoms with E-state index in [2.05, 4.69) is 25.9 Å². The van der Waals surface area contributed by atoms with E-state index in [-0.39, 0.29) is 11.6 Å². The van der Waals surface area contributed by atoms with Crippen LogP contribution in [0.25, 0.3) is 0 Å². The molecule has 4 nitrogen and oxygen atoms in total. The summed E-state index contributed by atoms with van der Waals surface area (Å²) >= 11 is 0. The Bertz CT molecular complexity index is 429. The lowest BCUT2D eigenvalue weighted by Crippen LogP contribution is -2.54. The lowest BCUT2D eigenvalue weighted by molar-refractivity contribution is -0.0987. The SMILES string of the molecule is CCOC1(C(N)Cc2cnn(C)c2)CCC(C)(C)CC1. The molecule has 2 rings (SSSR count). The molecule has 0 saturated heterocycles.